The molecule has 0 fully saturated rings. The fraction of sp³-hybridized carbons (Fsp3) is 0.200. The number of hydrogen-bond acceptors (Lipinski definition) is 3. The van der Waals surface area contributed by atoms with Crippen LogP contribution in [0.1, 0.15) is 12.5 Å². The van der Waals surface area contributed by atoms with Crippen LogP contribution in [0.4, 0.5) is 21.5 Å². The standard InChI is InChI=1S/C15H17FN2O/c1-3-10-4-7-15(19-2)14(8-10)18-11-5-6-13(17)12(16)9-11/h4-9,18H,3,17H2,1-2H3. The molecule has 0 bridgehead atoms. The molecular formula is C15H17FN2O. The highest BCUT2D eigenvalue weighted by atomic mass is 19.1. The molecule has 0 heterocycles. The molecule has 100 valence electrons. The first-order chi connectivity index (χ1) is 9.13. The topological polar surface area (TPSA) is 47.3 Å². The van der Waals surface area contributed by atoms with Crippen molar-refractivity contribution in [2.75, 3.05) is 18.2 Å². The van der Waals surface area contributed by atoms with Gasteiger partial charge in [-0.1, -0.05) is 13.0 Å². The van der Waals surface area contributed by atoms with Crippen molar-refractivity contribution in [2.24, 2.45) is 0 Å². The van der Waals surface area contributed by atoms with E-state index in [2.05, 4.69) is 12.2 Å². The van der Waals surface area contributed by atoms with Gasteiger partial charge in [-0.25, -0.2) is 4.39 Å². The van der Waals surface area contributed by atoms with Gasteiger partial charge in [0.1, 0.15) is 11.6 Å². The first-order valence-electron chi connectivity index (χ1n) is 6.13. The summed E-state index contributed by atoms with van der Waals surface area (Å²) in [5.74, 6) is 0.282. The van der Waals surface area contributed by atoms with E-state index in [0.29, 0.717) is 5.69 Å². The van der Waals surface area contributed by atoms with Crippen molar-refractivity contribution in [3.05, 3.63) is 47.8 Å². The van der Waals surface area contributed by atoms with Gasteiger partial charge in [0.05, 0.1) is 18.5 Å². The second kappa shape index (κ2) is 5.61. The molecule has 0 aliphatic carbocycles. The minimum absolute atomic E-state index is 0.139. The third kappa shape index (κ3) is 2.96. The van der Waals surface area contributed by atoms with Gasteiger partial charge < -0.3 is 15.8 Å². The zero-order valence-electron chi connectivity index (χ0n) is 11.0. The van der Waals surface area contributed by atoms with Crippen LogP contribution in [0.3, 0.4) is 0 Å². The summed E-state index contributed by atoms with van der Waals surface area (Å²) in [6, 6.07) is 10.5. The molecule has 2 aromatic rings. The Morgan fingerprint density at radius 1 is 1.21 bits per heavy atom. The molecule has 2 rings (SSSR count). The summed E-state index contributed by atoms with van der Waals surface area (Å²) in [5, 5.41) is 3.15. The Hall–Kier alpha value is -2.23. The largest absolute Gasteiger partial charge is 0.495 e. The number of nitrogens with one attached hydrogen (secondary N) is 1. The summed E-state index contributed by atoms with van der Waals surface area (Å²) in [6.07, 6.45) is 0.925. The highest BCUT2D eigenvalue weighted by Crippen LogP contribution is 2.29. The Labute approximate surface area is 112 Å². The number of ether oxygens (including phenoxy) is 1. The molecule has 3 N–H and O–H groups in total. The maximum absolute atomic E-state index is 13.4. The minimum Gasteiger partial charge on any atom is -0.495 e. The minimum atomic E-state index is -0.435. The lowest BCUT2D eigenvalue weighted by Gasteiger charge is -2.13. The molecular weight excluding hydrogens is 243 g/mol. The van der Waals surface area contributed by atoms with E-state index in [-0.39, 0.29) is 5.69 Å². The maximum Gasteiger partial charge on any atom is 0.148 e. The fourth-order valence-electron chi connectivity index (χ4n) is 1.83. The van der Waals surface area contributed by atoms with Crippen molar-refractivity contribution in [1.82, 2.24) is 0 Å². The molecule has 3 nitrogen and oxygen atoms in total. The van der Waals surface area contributed by atoms with Crippen molar-refractivity contribution in [2.45, 2.75) is 13.3 Å². The Bertz CT molecular complexity index is 584. The van der Waals surface area contributed by atoms with Gasteiger partial charge in [-0.05, 0) is 42.3 Å². The second-order valence-electron chi connectivity index (χ2n) is 4.25. The lowest BCUT2D eigenvalue weighted by atomic mass is 10.1. The van der Waals surface area contributed by atoms with Crippen molar-refractivity contribution in [1.29, 1.82) is 0 Å². The van der Waals surface area contributed by atoms with Crippen molar-refractivity contribution < 1.29 is 9.13 Å². The third-order valence-electron chi connectivity index (χ3n) is 2.95. The predicted octanol–water partition coefficient (Wildman–Crippen LogP) is 3.72. The van der Waals surface area contributed by atoms with Crippen LogP contribution in [-0.2, 0) is 6.42 Å². The number of methoxy groups -OCH3 is 1. The molecule has 2 aromatic carbocycles. The molecule has 4 heteroatoms. The van der Waals surface area contributed by atoms with Gasteiger partial charge in [-0.2, -0.15) is 0 Å². The highest BCUT2D eigenvalue weighted by Gasteiger charge is 2.06. The molecule has 19 heavy (non-hydrogen) atoms. The number of rotatable bonds is 4. The van der Waals surface area contributed by atoms with Crippen LogP contribution in [0.5, 0.6) is 5.75 Å². The van der Waals surface area contributed by atoms with Gasteiger partial charge in [0.25, 0.3) is 0 Å². The summed E-state index contributed by atoms with van der Waals surface area (Å²) in [4.78, 5) is 0. The Morgan fingerprint density at radius 2 is 2.00 bits per heavy atom. The molecule has 0 aliphatic heterocycles. The van der Waals surface area contributed by atoms with Crippen LogP contribution in [0.15, 0.2) is 36.4 Å². The molecule has 0 unspecified atom stereocenters. The normalized spacial score (nSPS) is 10.3. The molecule has 0 aliphatic rings. The SMILES string of the molecule is CCc1ccc(OC)c(Nc2ccc(N)c(F)c2)c1. The van der Waals surface area contributed by atoms with Gasteiger partial charge in [0.15, 0.2) is 0 Å². The molecule has 0 spiro atoms. The van der Waals surface area contributed by atoms with Gasteiger partial charge >= 0.3 is 0 Å². The number of nitrogen functional groups attached to an aromatic ring is 1. The number of aryl methyl sites for hydroxylation is 1. The first kappa shape index (κ1) is 13.2. The average Bonchev–Trinajstić information content (AvgIpc) is 2.43. The van der Waals surface area contributed by atoms with Crippen LogP contribution in [0.2, 0.25) is 0 Å². The van der Waals surface area contributed by atoms with Crippen LogP contribution in [-0.4, -0.2) is 7.11 Å². The summed E-state index contributed by atoms with van der Waals surface area (Å²) in [7, 11) is 1.61. The van der Waals surface area contributed by atoms with E-state index in [1.54, 1.807) is 13.2 Å². The van der Waals surface area contributed by atoms with Gasteiger partial charge in [-0.3, -0.25) is 0 Å². The molecule has 0 atom stereocenters. The van der Waals surface area contributed by atoms with Crippen molar-refractivity contribution >= 4 is 17.1 Å². The van der Waals surface area contributed by atoms with E-state index in [4.69, 9.17) is 10.5 Å². The van der Waals surface area contributed by atoms with Crippen LogP contribution in [0.25, 0.3) is 0 Å². The summed E-state index contributed by atoms with van der Waals surface area (Å²) >= 11 is 0. The van der Waals surface area contributed by atoms with Crippen LogP contribution >= 0.6 is 0 Å². The van der Waals surface area contributed by atoms with E-state index < -0.39 is 5.82 Å². The highest BCUT2D eigenvalue weighted by molar-refractivity contribution is 5.68. The predicted molar refractivity (Wildman–Crippen MR) is 76.5 cm³/mol. The number of halogens is 1. The molecule has 0 saturated carbocycles. The first-order valence-corrected chi connectivity index (χ1v) is 6.13. The zero-order valence-corrected chi connectivity index (χ0v) is 11.0. The zero-order chi connectivity index (χ0) is 13.8. The van der Waals surface area contributed by atoms with E-state index in [1.165, 1.54) is 17.7 Å². The lowest BCUT2D eigenvalue weighted by molar-refractivity contribution is 0.416. The van der Waals surface area contributed by atoms with Crippen LogP contribution < -0.4 is 15.8 Å². The van der Waals surface area contributed by atoms with Gasteiger partial charge in [0, 0.05) is 5.69 Å². The monoisotopic (exact) mass is 260 g/mol. The van der Waals surface area contributed by atoms with E-state index >= 15 is 0 Å². The van der Waals surface area contributed by atoms with Crippen LogP contribution in [0, 0.1) is 5.82 Å². The van der Waals surface area contributed by atoms with Crippen molar-refractivity contribution in [3.8, 4) is 5.75 Å². The van der Waals surface area contributed by atoms with Gasteiger partial charge in [0.2, 0.25) is 0 Å². The number of benzene rings is 2. The smallest absolute Gasteiger partial charge is 0.148 e. The van der Waals surface area contributed by atoms with Crippen molar-refractivity contribution in [3.63, 3.8) is 0 Å². The third-order valence-corrected chi connectivity index (χ3v) is 2.95. The Morgan fingerprint density at radius 3 is 2.63 bits per heavy atom. The average molecular weight is 260 g/mol. The number of hydrogen-bond donors (Lipinski definition) is 2. The van der Waals surface area contributed by atoms with E-state index in [1.807, 2.05) is 18.2 Å². The second-order valence-corrected chi connectivity index (χ2v) is 4.25. The Kier molecular flexibility index (Phi) is 3.90. The Balaban J connectivity index is 2.33. The molecule has 0 amide bonds. The quantitative estimate of drug-likeness (QED) is 0.823. The molecule has 0 aromatic heterocycles. The molecule has 0 saturated heterocycles. The maximum atomic E-state index is 13.4. The molecule has 0 radical (unpaired) electrons. The summed E-state index contributed by atoms with van der Waals surface area (Å²) in [5.41, 5.74) is 8.22. The van der Waals surface area contributed by atoms with E-state index in [0.717, 1.165) is 17.9 Å². The number of anilines is 3. The fourth-order valence-corrected chi connectivity index (χ4v) is 1.83. The van der Waals surface area contributed by atoms with E-state index in [9.17, 15) is 4.39 Å². The summed E-state index contributed by atoms with van der Waals surface area (Å²) in [6.45, 7) is 2.08. The van der Waals surface area contributed by atoms with Gasteiger partial charge in [-0.15, -0.1) is 0 Å². The lowest BCUT2D eigenvalue weighted by Crippen LogP contribution is -1.98. The summed E-state index contributed by atoms with van der Waals surface area (Å²) < 4.78 is 18.7. The number of nitrogens with two attached hydrogens (primary N) is 1.